The molecule has 2 atom stereocenters. The van der Waals surface area contributed by atoms with Crippen LogP contribution in [-0.2, 0) is 38.6 Å². The summed E-state index contributed by atoms with van der Waals surface area (Å²) in [6.45, 7) is 6.03. The van der Waals surface area contributed by atoms with E-state index in [-0.39, 0.29) is 31.9 Å². The molecule has 1 fully saturated rings. The van der Waals surface area contributed by atoms with Crippen LogP contribution in [-0.4, -0.2) is 47.1 Å². The average molecular weight is 508 g/mol. The molecule has 0 bridgehead atoms. The first-order chi connectivity index (χ1) is 17.6. The highest BCUT2D eigenvalue weighted by Crippen LogP contribution is 2.24. The predicted molar refractivity (Wildman–Crippen MR) is 137 cm³/mol. The molecular formula is C27H33N5O5. The van der Waals surface area contributed by atoms with Gasteiger partial charge in [-0.05, 0) is 55.8 Å². The summed E-state index contributed by atoms with van der Waals surface area (Å²) >= 11 is 0. The van der Waals surface area contributed by atoms with Crippen LogP contribution < -0.4 is 5.32 Å². The number of amides is 2. The molecule has 0 aliphatic carbocycles. The van der Waals surface area contributed by atoms with Crippen molar-refractivity contribution in [3.05, 3.63) is 81.7 Å². The lowest BCUT2D eigenvalue weighted by Gasteiger charge is -2.23. The highest BCUT2D eigenvalue weighted by Gasteiger charge is 2.40. The maximum atomic E-state index is 13.0. The molecule has 37 heavy (non-hydrogen) atoms. The van der Waals surface area contributed by atoms with E-state index >= 15 is 0 Å². The van der Waals surface area contributed by atoms with Crippen molar-refractivity contribution in [2.75, 3.05) is 6.54 Å². The van der Waals surface area contributed by atoms with Gasteiger partial charge < -0.3 is 19.7 Å². The Kier molecular flexibility index (Phi) is 9.51. The van der Waals surface area contributed by atoms with Crippen molar-refractivity contribution >= 4 is 18.0 Å². The second-order valence-corrected chi connectivity index (χ2v) is 9.92. The zero-order valence-electron chi connectivity index (χ0n) is 21.4. The lowest BCUT2D eigenvalue weighted by Crippen LogP contribution is -2.41. The van der Waals surface area contributed by atoms with Crippen molar-refractivity contribution in [1.29, 1.82) is 0 Å². The summed E-state index contributed by atoms with van der Waals surface area (Å²) in [6, 6.07) is 15.6. The molecule has 2 aromatic carbocycles. The summed E-state index contributed by atoms with van der Waals surface area (Å²) in [4.78, 5) is 42.0. The van der Waals surface area contributed by atoms with Crippen LogP contribution in [0.5, 0.6) is 0 Å². The van der Waals surface area contributed by atoms with Crippen LogP contribution in [0.2, 0.25) is 0 Å². The SMILES string of the molecule is CC(C)(C)OC(=O)NCc1ccc(CCC(=O)N2CC(N=[N+]=[N-])C[C@H]2C(=O)OCc2ccccc2)cc1. The Morgan fingerprint density at radius 1 is 1.05 bits per heavy atom. The second-order valence-electron chi connectivity index (χ2n) is 9.92. The van der Waals surface area contributed by atoms with Gasteiger partial charge in [0.05, 0.1) is 6.04 Å². The third-order valence-corrected chi connectivity index (χ3v) is 5.80. The fourth-order valence-corrected chi connectivity index (χ4v) is 4.00. The van der Waals surface area contributed by atoms with Crippen LogP contribution in [0.4, 0.5) is 4.79 Å². The highest BCUT2D eigenvalue weighted by atomic mass is 16.6. The molecule has 2 amide bonds. The summed E-state index contributed by atoms with van der Waals surface area (Å²) in [7, 11) is 0. The van der Waals surface area contributed by atoms with Gasteiger partial charge in [0.15, 0.2) is 0 Å². The van der Waals surface area contributed by atoms with Gasteiger partial charge in [0.2, 0.25) is 5.91 Å². The van der Waals surface area contributed by atoms with Crippen LogP contribution >= 0.6 is 0 Å². The second kappa shape index (κ2) is 12.8. The van der Waals surface area contributed by atoms with Gasteiger partial charge in [-0.25, -0.2) is 9.59 Å². The van der Waals surface area contributed by atoms with Crippen molar-refractivity contribution in [2.24, 2.45) is 5.11 Å². The van der Waals surface area contributed by atoms with Crippen LogP contribution in [0.1, 0.15) is 50.3 Å². The minimum atomic E-state index is -0.784. The Labute approximate surface area is 216 Å². The van der Waals surface area contributed by atoms with Gasteiger partial charge in [0, 0.05) is 24.4 Å². The Hall–Kier alpha value is -4.04. The molecule has 0 radical (unpaired) electrons. The monoisotopic (exact) mass is 507 g/mol. The number of aryl methyl sites for hydroxylation is 1. The van der Waals surface area contributed by atoms with Gasteiger partial charge in [-0.1, -0.05) is 59.7 Å². The Morgan fingerprint density at radius 3 is 2.38 bits per heavy atom. The number of rotatable bonds is 9. The number of hydrogen-bond donors (Lipinski definition) is 1. The molecule has 196 valence electrons. The number of ether oxygens (including phenoxy) is 2. The largest absolute Gasteiger partial charge is 0.459 e. The maximum Gasteiger partial charge on any atom is 0.407 e. The fourth-order valence-electron chi connectivity index (χ4n) is 4.00. The van der Waals surface area contributed by atoms with E-state index in [4.69, 9.17) is 15.0 Å². The summed E-state index contributed by atoms with van der Waals surface area (Å²) in [5.41, 5.74) is 11.0. The van der Waals surface area contributed by atoms with Crippen LogP contribution in [0, 0.1) is 0 Å². The summed E-state index contributed by atoms with van der Waals surface area (Å²) in [5, 5.41) is 6.44. The summed E-state index contributed by atoms with van der Waals surface area (Å²) in [5.74, 6) is -0.706. The first kappa shape index (κ1) is 27.5. The van der Waals surface area contributed by atoms with Crippen molar-refractivity contribution < 1.29 is 23.9 Å². The Morgan fingerprint density at radius 2 is 1.73 bits per heavy atom. The first-order valence-corrected chi connectivity index (χ1v) is 12.2. The molecular weight excluding hydrogens is 474 g/mol. The van der Waals surface area contributed by atoms with Crippen LogP contribution in [0.3, 0.4) is 0 Å². The van der Waals surface area contributed by atoms with Gasteiger partial charge in [-0.2, -0.15) is 0 Å². The zero-order chi connectivity index (χ0) is 26.8. The maximum absolute atomic E-state index is 13.0. The third-order valence-electron chi connectivity index (χ3n) is 5.80. The molecule has 1 saturated heterocycles. The van der Waals surface area contributed by atoms with Gasteiger partial charge in [0.1, 0.15) is 18.2 Å². The normalized spacial score (nSPS) is 17.0. The van der Waals surface area contributed by atoms with Crippen molar-refractivity contribution in [3.8, 4) is 0 Å². The third kappa shape index (κ3) is 8.84. The van der Waals surface area contributed by atoms with Crippen LogP contribution in [0.15, 0.2) is 59.7 Å². The number of nitrogens with one attached hydrogen (secondary N) is 1. The van der Waals surface area contributed by atoms with Crippen molar-refractivity contribution in [1.82, 2.24) is 10.2 Å². The lowest BCUT2D eigenvalue weighted by atomic mass is 10.1. The Bertz CT molecular complexity index is 1120. The molecule has 1 heterocycles. The molecule has 1 unspecified atom stereocenters. The van der Waals surface area contributed by atoms with E-state index in [2.05, 4.69) is 15.3 Å². The minimum absolute atomic E-state index is 0.111. The molecule has 10 nitrogen and oxygen atoms in total. The topological polar surface area (TPSA) is 134 Å². The number of benzene rings is 2. The number of azide groups is 1. The van der Waals surface area contributed by atoms with Gasteiger partial charge in [-0.3, -0.25) is 4.79 Å². The summed E-state index contributed by atoms with van der Waals surface area (Å²) < 4.78 is 10.7. The van der Waals surface area contributed by atoms with Gasteiger partial charge >= 0.3 is 12.1 Å². The molecule has 1 aliphatic rings. The fraction of sp³-hybridized carbons (Fsp3) is 0.444. The molecule has 2 aromatic rings. The van der Waals surface area contributed by atoms with E-state index in [1.165, 1.54) is 4.90 Å². The summed E-state index contributed by atoms with van der Waals surface area (Å²) in [6.07, 6.45) is 0.431. The predicted octanol–water partition coefficient (Wildman–Crippen LogP) is 4.67. The van der Waals surface area contributed by atoms with E-state index in [1.54, 1.807) is 20.8 Å². The van der Waals surface area contributed by atoms with E-state index in [0.717, 1.165) is 16.7 Å². The first-order valence-electron chi connectivity index (χ1n) is 12.2. The molecule has 3 rings (SSSR count). The molecule has 1 N–H and O–H groups in total. The quantitative estimate of drug-likeness (QED) is 0.228. The Balaban J connectivity index is 1.53. The number of carbonyl (C=O) groups excluding carboxylic acids is 3. The number of hydrogen-bond acceptors (Lipinski definition) is 6. The van der Waals surface area contributed by atoms with Crippen molar-refractivity contribution in [3.63, 3.8) is 0 Å². The van der Waals surface area contributed by atoms with E-state index in [9.17, 15) is 14.4 Å². The number of likely N-dealkylation sites (tertiary alicyclic amines) is 1. The lowest BCUT2D eigenvalue weighted by molar-refractivity contribution is -0.154. The average Bonchev–Trinajstić information content (AvgIpc) is 3.29. The number of alkyl carbamates (subject to hydrolysis) is 1. The molecule has 0 spiro atoms. The number of carbonyl (C=O) groups is 3. The number of nitrogens with zero attached hydrogens (tertiary/aromatic N) is 4. The van der Waals surface area contributed by atoms with E-state index in [1.807, 2.05) is 54.6 Å². The van der Waals surface area contributed by atoms with E-state index < -0.39 is 29.7 Å². The minimum Gasteiger partial charge on any atom is -0.459 e. The molecule has 10 heteroatoms. The van der Waals surface area contributed by atoms with Crippen molar-refractivity contribution in [2.45, 2.75) is 70.9 Å². The zero-order valence-corrected chi connectivity index (χ0v) is 21.4. The molecule has 0 aromatic heterocycles. The smallest absolute Gasteiger partial charge is 0.407 e. The van der Waals surface area contributed by atoms with Gasteiger partial charge in [0.25, 0.3) is 0 Å². The standard InChI is InChI=1S/C27H33N5O5/c1-27(2,3)37-26(35)29-16-20-11-9-19(10-12-20)13-14-24(33)32-17-22(30-31-28)15-23(32)25(34)36-18-21-7-5-4-6-8-21/h4-12,22-23H,13-18H2,1-3H3,(H,29,35)/t22?,23-/m0/s1. The molecule has 1 aliphatic heterocycles. The van der Waals surface area contributed by atoms with Crippen LogP contribution in [0.25, 0.3) is 10.4 Å². The molecule has 0 saturated carbocycles. The highest BCUT2D eigenvalue weighted by molar-refractivity contribution is 5.85. The van der Waals surface area contributed by atoms with Gasteiger partial charge in [-0.15, -0.1) is 0 Å². The van der Waals surface area contributed by atoms with E-state index in [0.29, 0.717) is 13.0 Å². The number of esters is 1.